The first-order valence-electron chi connectivity index (χ1n) is 9.30. The summed E-state index contributed by atoms with van der Waals surface area (Å²) in [5, 5.41) is 6.53. The molecule has 3 heterocycles. The normalized spacial score (nSPS) is 24.8. The van der Waals surface area contributed by atoms with E-state index in [9.17, 15) is 4.79 Å². The summed E-state index contributed by atoms with van der Waals surface area (Å²) in [5.74, 6) is 0. The van der Waals surface area contributed by atoms with Gasteiger partial charge in [0.2, 0.25) is 6.41 Å². The van der Waals surface area contributed by atoms with Gasteiger partial charge in [-0.15, -0.1) is 0 Å². The maximum atomic E-state index is 10.1. The van der Waals surface area contributed by atoms with Gasteiger partial charge in [-0.25, -0.2) is 0 Å². The van der Waals surface area contributed by atoms with E-state index >= 15 is 0 Å². The molecule has 134 valence electrons. The number of likely N-dealkylation sites (tertiary alicyclic amines) is 1. The number of hydrogen-bond donors (Lipinski definition) is 2. The topological polar surface area (TPSA) is 56.8 Å². The molecule has 0 aromatic heterocycles. The molecule has 3 aliphatic rings. The molecule has 0 atom stereocenters. The van der Waals surface area contributed by atoms with E-state index in [1.165, 1.54) is 45.3 Å². The standard InChI is InChI=1S/C12H24N2O.C5H10N2O/c1-2-14-9-5-12(6-10-14)15-11-3-7-13-8-4-11;8-5-7-3-1-6-2-4-7/h11-13H,2-10H2,1H3;5-6H,1-4H2. The number of ether oxygens (including phenoxy) is 1. The minimum atomic E-state index is 0.532. The Kier molecular flexibility index (Phi) is 8.89. The van der Waals surface area contributed by atoms with Crippen LogP contribution < -0.4 is 10.6 Å². The first-order chi connectivity index (χ1) is 11.3. The van der Waals surface area contributed by atoms with E-state index < -0.39 is 0 Å². The third-order valence-electron chi connectivity index (χ3n) is 4.95. The third-order valence-corrected chi connectivity index (χ3v) is 4.95. The monoisotopic (exact) mass is 326 g/mol. The number of piperidine rings is 2. The fourth-order valence-electron chi connectivity index (χ4n) is 3.35. The zero-order valence-corrected chi connectivity index (χ0v) is 14.6. The molecule has 0 unspecified atom stereocenters. The second-order valence-electron chi connectivity index (χ2n) is 6.61. The molecule has 0 spiro atoms. The maximum Gasteiger partial charge on any atom is 0.209 e. The minimum Gasteiger partial charge on any atom is -0.375 e. The Labute approximate surface area is 140 Å². The summed E-state index contributed by atoms with van der Waals surface area (Å²) in [7, 11) is 0. The predicted molar refractivity (Wildman–Crippen MR) is 92.6 cm³/mol. The van der Waals surface area contributed by atoms with E-state index in [2.05, 4.69) is 22.5 Å². The van der Waals surface area contributed by atoms with Crippen LogP contribution in [0.5, 0.6) is 0 Å². The molecule has 1 amide bonds. The number of nitrogens with zero attached hydrogens (tertiary/aromatic N) is 2. The Morgan fingerprint density at radius 2 is 1.48 bits per heavy atom. The molecular weight excluding hydrogens is 292 g/mol. The SMILES string of the molecule is CCN1CCC(OC2CCNCC2)CC1.O=CN1CCNCC1. The lowest BCUT2D eigenvalue weighted by molar-refractivity contribution is -0.118. The van der Waals surface area contributed by atoms with Crippen LogP contribution in [0, 0.1) is 0 Å². The van der Waals surface area contributed by atoms with Gasteiger partial charge in [-0.2, -0.15) is 0 Å². The molecule has 0 aromatic carbocycles. The van der Waals surface area contributed by atoms with Crippen molar-refractivity contribution in [2.75, 3.05) is 58.9 Å². The van der Waals surface area contributed by atoms with E-state index in [4.69, 9.17) is 4.74 Å². The van der Waals surface area contributed by atoms with Crippen molar-refractivity contribution < 1.29 is 9.53 Å². The summed E-state index contributed by atoms with van der Waals surface area (Å²) in [6.07, 6.45) is 6.85. The smallest absolute Gasteiger partial charge is 0.209 e. The number of piperazine rings is 1. The molecular formula is C17H34N4O2. The Hall–Kier alpha value is -0.690. The Morgan fingerprint density at radius 3 is 2.00 bits per heavy atom. The van der Waals surface area contributed by atoms with Crippen molar-refractivity contribution in [2.45, 2.75) is 44.8 Å². The number of rotatable bonds is 4. The molecule has 6 nitrogen and oxygen atoms in total. The largest absolute Gasteiger partial charge is 0.375 e. The molecule has 3 fully saturated rings. The third kappa shape index (κ3) is 7.16. The van der Waals surface area contributed by atoms with Crippen molar-refractivity contribution in [1.29, 1.82) is 0 Å². The van der Waals surface area contributed by atoms with Crippen molar-refractivity contribution >= 4 is 6.41 Å². The summed E-state index contributed by atoms with van der Waals surface area (Å²) in [6.45, 7) is 11.8. The van der Waals surface area contributed by atoms with Gasteiger partial charge in [0, 0.05) is 39.3 Å². The molecule has 0 aromatic rings. The number of carbonyl (C=O) groups excluding carboxylic acids is 1. The van der Waals surface area contributed by atoms with Crippen LogP contribution in [0.15, 0.2) is 0 Å². The van der Waals surface area contributed by atoms with Crippen LogP contribution in [-0.2, 0) is 9.53 Å². The highest BCUT2D eigenvalue weighted by Gasteiger charge is 2.22. The fourth-order valence-corrected chi connectivity index (χ4v) is 3.35. The second kappa shape index (κ2) is 11.0. The number of amides is 1. The first kappa shape index (κ1) is 18.6. The molecule has 23 heavy (non-hydrogen) atoms. The maximum absolute atomic E-state index is 10.1. The molecule has 3 rings (SSSR count). The Balaban J connectivity index is 0.000000203. The van der Waals surface area contributed by atoms with Crippen molar-refractivity contribution in [3.05, 3.63) is 0 Å². The first-order valence-corrected chi connectivity index (χ1v) is 9.30. The predicted octanol–water partition coefficient (Wildman–Crippen LogP) is 0.287. The van der Waals surface area contributed by atoms with Gasteiger partial charge in [0.15, 0.2) is 0 Å². The lowest BCUT2D eigenvalue weighted by atomic mass is 10.1. The molecule has 0 radical (unpaired) electrons. The van der Waals surface area contributed by atoms with E-state index in [0.717, 1.165) is 45.7 Å². The van der Waals surface area contributed by atoms with Crippen LogP contribution in [0.4, 0.5) is 0 Å². The summed E-state index contributed by atoms with van der Waals surface area (Å²) < 4.78 is 6.16. The fraction of sp³-hybridized carbons (Fsp3) is 0.941. The van der Waals surface area contributed by atoms with Gasteiger partial charge < -0.3 is 25.2 Å². The highest BCUT2D eigenvalue weighted by molar-refractivity contribution is 5.47. The average Bonchev–Trinajstić information content (AvgIpc) is 2.64. The zero-order chi connectivity index (χ0) is 16.3. The minimum absolute atomic E-state index is 0.532. The van der Waals surface area contributed by atoms with Gasteiger partial charge in [0.25, 0.3) is 0 Å². The van der Waals surface area contributed by atoms with Crippen LogP contribution in [0.3, 0.4) is 0 Å². The molecule has 3 aliphatic heterocycles. The average molecular weight is 326 g/mol. The number of nitrogens with one attached hydrogen (secondary N) is 2. The van der Waals surface area contributed by atoms with Crippen molar-refractivity contribution in [3.63, 3.8) is 0 Å². The highest BCUT2D eigenvalue weighted by Crippen LogP contribution is 2.18. The zero-order valence-electron chi connectivity index (χ0n) is 14.6. The van der Waals surface area contributed by atoms with Crippen molar-refractivity contribution in [2.24, 2.45) is 0 Å². The van der Waals surface area contributed by atoms with Crippen LogP contribution in [-0.4, -0.2) is 87.3 Å². The van der Waals surface area contributed by atoms with Crippen LogP contribution in [0.2, 0.25) is 0 Å². The summed E-state index contributed by atoms with van der Waals surface area (Å²) in [4.78, 5) is 14.3. The molecule has 0 aliphatic carbocycles. The summed E-state index contributed by atoms with van der Waals surface area (Å²) >= 11 is 0. The van der Waals surface area contributed by atoms with Crippen LogP contribution >= 0.6 is 0 Å². The van der Waals surface area contributed by atoms with Crippen molar-refractivity contribution in [3.8, 4) is 0 Å². The van der Waals surface area contributed by atoms with E-state index in [0.29, 0.717) is 12.2 Å². The molecule has 3 saturated heterocycles. The Bertz CT molecular complexity index is 310. The van der Waals surface area contributed by atoms with Gasteiger partial charge in [0.05, 0.1) is 12.2 Å². The number of hydrogen-bond acceptors (Lipinski definition) is 5. The molecule has 0 bridgehead atoms. The van der Waals surface area contributed by atoms with E-state index in [-0.39, 0.29) is 0 Å². The van der Waals surface area contributed by atoms with E-state index in [1.54, 1.807) is 4.90 Å². The lowest BCUT2D eigenvalue weighted by Gasteiger charge is -2.34. The second-order valence-corrected chi connectivity index (χ2v) is 6.61. The summed E-state index contributed by atoms with van der Waals surface area (Å²) in [5.41, 5.74) is 0. The number of carbonyl (C=O) groups is 1. The Morgan fingerprint density at radius 1 is 0.913 bits per heavy atom. The molecule has 0 saturated carbocycles. The van der Waals surface area contributed by atoms with Gasteiger partial charge in [-0.1, -0.05) is 6.92 Å². The van der Waals surface area contributed by atoms with Gasteiger partial charge in [0.1, 0.15) is 0 Å². The molecule has 2 N–H and O–H groups in total. The van der Waals surface area contributed by atoms with Crippen LogP contribution in [0.1, 0.15) is 32.6 Å². The highest BCUT2D eigenvalue weighted by atomic mass is 16.5. The van der Waals surface area contributed by atoms with Gasteiger partial charge in [-0.3, -0.25) is 4.79 Å². The molecule has 6 heteroatoms. The van der Waals surface area contributed by atoms with E-state index in [1.807, 2.05) is 0 Å². The quantitative estimate of drug-likeness (QED) is 0.727. The van der Waals surface area contributed by atoms with Gasteiger partial charge in [-0.05, 0) is 45.3 Å². The summed E-state index contributed by atoms with van der Waals surface area (Å²) in [6, 6.07) is 0. The lowest BCUT2D eigenvalue weighted by Crippen LogP contribution is -2.42. The van der Waals surface area contributed by atoms with Gasteiger partial charge >= 0.3 is 0 Å². The van der Waals surface area contributed by atoms with Crippen LogP contribution in [0.25, 0.3) is 0 Å². The van der Waals surface area contributed by atoms with Crippen molar-refractivity contribution in [1.82, 2.24) is 20.4 Å².